The van der Waals surface area contributed by atoms with Crippen LogP contribution in [0, 0.1) is 0 Å². The molecule has 0 amide bonds. The van der Waals surface area contributed by atoms with Gasteiger partial charge >= 0.3 is 0 Å². The molecule has 4 heteroatoms. The molecule has 2 rings (SSSR count). The van der Waals surface area contributed by atoms with Crippen molar-refractivity contribution in [3.05, 3.63) is 0 Å². The molecule has 2 N–H and O–H groups in total. The minimum atomic E-state index is 0.333. The average Bonchev–Trinajstić information content (AvgIpc) is 2.40. The molecule has 2 fully saturated rings. The summed E-state index contributed by atoms with van der Waals surface area (Å²) in [6.45, 7) is 3.70. The van der Waals surface area contributed by atoms with Gasteiger partial charge in [-0.25, -0.2) is 0 Å². The molecule has 0 spiro atoms. The predicted octanol–water partition coefficient (Wildman–Crippen LogP) is 1.32. The van der Waals surface area contributed by atoms with Crippen molar-refractivity contribution >= 4 is 11.8 Å². The molecule has 0 aromatic heterocycles. The van der Waals surface area contributed by atoms with E-state index >= 15 is 0 Å². The average molecular weight is 258 g/mol. The molecule has 0 aromatic rings. The Morgan fingerprint density at radius 2 is 2.00 bits per heavy atom. The molecule has 0 bridgehead atoms. The molecular weight excluding hydrogens is 232 g/mol. The number of aliphatic hydroxyl groups is 1. The van der Waals surface area contributed by atoms with Crippen molar-refractivity contribution in [2.75, 3.05) is 37.7 Å². The first-order chi connectivity index (χ1) is 8.40. The summed E-state index contributed by atoms with van der Waals surface area (Å²) in [6.07, 6.45) is 6.42. The SMILES string of the molecule is OCC1CCCCN1CCNC1CCSCC1. The summed E-state index contributed by atoms with van der Waals surface area (Å²) < 4.78 is 0. The zero-order valence-electron chi connectivity index (χ0n) is 10.7. The van der Waals surface area contributed by atoms with E-state index in [1.807, 2.05) is 0 Å². The van der Waals surface area contributed by atoms with Crippen LogP contribution >= 0.6 is 11.8 Å². The van der Waals surface area contributed by atoms with E-state index in [0.29, 0.717) is 12.6 Å². The molecule has 2 saturated heterocycles. The van der Waals surface area contributed by atoms with E-state index in [0.717, 1.165) is 19.1 Å². The van der Waals surface area contributed by atoms with E-state index in [1.54, 1.807) is 0 Å². The monoisotopic (exact) mass is 258 g/mol. The van der Waals surface area contributed by atoms with Gasteiger partial charge in [0.2, 0.25) is 0 Å². The van der Waals surface area contributed by atoms with Crippen LogP contribution in [-0.2, 0) is 0 Å². The Balaban J connectivity index is 1.62. The Hall–Kier alpha value is 0.230. The van der Waals surface area contributed by atoms with Crippen LogP contribution in [-0.4, -0.2) is 59.8 Å². The minimum Gasteiger partial charge on any atom is -0.395 e. The van der Waals surface area contributed by atoms with Gasteiger partial charge in [0.1, 0.15) is 0 Å². The molecule has 3 nitrogen and oxygen atoms in total. The van der Waals surface area contributed by atoms with Gasteiger partial charge < -0.3 is 10.4 Å². The molecule has 1 unspecified atom stereocenters. The maximum absolute atomic E-state index is 9.34. The van der Waals surface area contributed by atoms with Gasteiger partial charge in [-0.3, -0.25) is 4.90 Å². The van der Waals surface area contributed by atoms with E-state index in [-0.39, 0.29) is 0 Å². The molecule has 0 saturated carbocycles. The third-order valence-corrected chi connectivity index (χ3v) is 5.06. The van der Waals surface area contributed by atoms with Crippen molar-refractivity contribution < 1.29 is 5.11 Å². The van der Waals surface area contributed by atoms with E-state index in [9.17, 15) is 5.11 Å². The Kier molecular flexibility index (Phi) is 6.12. The molecule has 0 aliphatic carbocycles. The standard InChI is InChI=1S/C13H26N2OS/c16-11-13-3-1-2-7-15(13)8-6-14-12-4-9-17-10-5-12/h12-14,16H,1-11H2. The van der Waals surface area contributed by atoms with E-state index in [1.165, 1.54) is 50.2 Å². The number of thioether (sulfide) groups is 1. The maximum Gasteiger partial charge on any atom is 0.0586 e. The Bertz CT molecular complexity index is 210. The number of hydrogen-bond donors (Lipinski definition) is 2. The fraction of sp³-hybridized carbons (Fsp3) is 1.00. The van der Waals surface area contributed by atoms with Crippen molar-refractivity contribution in [2.24, 2.45) is 0 Å². The lowest BCUT2D eigenvalue weighted by atomic mass is 10.0. The van der Waals surface area contributed by atoms with Crippen molar-refractivity contribution in [2.45, 2.75) is 44.2 Å². The number of piperidine rings is 1. The number of likely N-dealkylation sites (tertiary alicyclic amines) is 1. The lowest BCUT2D eigenvalue weighted by molar-refractivity contribution is 0.0902. The van der Waals surface area contributed by atoms with E-state index in [4.69, 9.17) is 0 Å². The molecule has 2 aliphatic heterocycles. The van der Waals surface area contributed by atoms with Gasteiger partial charge in [0.25, 0.3) is 0 Å². The second kappa shape index (κ2) is 7.62. The summed E-state index contributed by atoms with van der Waals surface area (Å²) in [5.74, 6) is 2.64. The van der Waals surface area contributed by atoms with Crippen molar-refractivity contribution in [1.29, 1.82) is 0 Å². The van der Waals surface area contributed by atoms with Crippen LogP contribution in [0.15, 0.2) is 0 Å². The quantitative estimate of drug-likeness (QED) is 0.780. The Labute approximate surface area is 109 Å². The van der Waals surface area contributed by atoms with E-state index in [2.05, 4.69) is 22.0 Å². The number of nitrogens with one attached hydrogen (secondary N) is 1. The van der Waals surface area contributed by atoms with Gasteiger partial charge in [-0.05, 0) is 43.7 Å². The van der Waals surface area contributed by atoms with Crippen molar-refractivity contribution in [1.82, 2.24) is 10.2 Å². The normalized spacial score (nSPS) is 28.4. The number of hydrogen-bond acceptors (Lipinski definition) is 4. The summed E-state index contributed by atoms with van der Waals surface area (Å²) in [7, 11) is 0. The van der Waals surface area contributed by atoms with Gasteiger partial charge in [0.05, 0.1) is 6.61 Å². The van der Waals surface area contributed by atoms with Crippen molar-refractivity contribution in [3.8, 4) is 0 Å². The molecule has 1 atom stereocenters. The maximum atomic E-state index is 9.34. The zero-order chi connectivity index (χ0) is 11.9. The molecule has 0 aromatic carbocycles. The van der Waals surface area contributed by atoms with Crippen LogP contribution in [0.4, 0.5) is 0 Å². The lowest BCUT2D eigenvalue weighted by Crippen LogP contribution is -2.46. The second-order valence-corrected chi connectivity index (χ2v) is 6.43. The van der Waals surface area contributed by atoms with E-state index < -0.39 is 0 Å². The Morgan fingerprint density at radius 1 is 1.18 bits per heavy atom. The highest BCUT2D eigenvalue weighted by Gasteiger charge is 2.21. The van der Waals surface area contributed by atoms with Crippen LogP contribution in [0.5, 0.6) is 0 Å². The summed E-state index contributed by atoms with van der Waals surface area (Å²) in [5, 5.41) is 13.0. The third kappa shape index (κ3) is 4.43. The predicted molar refractivity (Wildman–Crippen MR) is 74.6 cm³/mol. The molecule has 17 heavy (non-hydrogen) atoms. The highest BCUT2D eigenvalue weighted by atomic mass is 32.2. The fourth-order valence-electron chi connectivity index (χ4n) is 2.88. The molecule has 0 radical (unpaired) electrons. The zero-order valence-corrected chi connectivity index (χ0v) is 11.6. The number of rotatable bonds is 5. The molecule has 100 valence electrons. The topological polar surface area (TPSA) is 35.5 Å². The smallest absolute Gasteiger partial charge is 0.0586 e. The molecular formula is C13H26N2OS. The van der Waals surface area contributed by atoms with Gasteiger partial charge in [-0.1, -0.05) is 6.42 Å². The highest BCUT2D eigenvalue weighted by molar-refractivity contribution is 7.99. The largest absolute Gasteiger partial charge is 0.395 e. The summed E-state index contributed by atoms with van der Waals surface area (Å²) in [4.78, 5) is 2.47. The summed E-state index contributed by atoms with van der Waals surface area (Å²) >= 11 is 2.08. The highest BCUT2D eigenvalue weighted by Crippen LogP contribution is 2.18. The third-order valence-electron chi connectivity index (χ3n) is 4.01. The summed E-state index contributed by atoms with van der Waals surface area (Å²) in [5.41, 5.74) is 0. The van der Waals surface area contributed by atoms with Crippen LogP contribution in [0.1, 0.15) is 32.1 Å². The fourth-order valence-corrected chi connectivity index (χ4v) is 3.98. The van der Waals surface area contributed by atoms with Crippen LogP contribution < -0.4 is 5.32 Å². The van der Waals surface area contributed by atoms with Gasteiger partial charge in [0.15, 0.2) is 0 Å². The minimum absolute atomic E-state index is 0.333. The number of nitrogens with zero attached hydrogens (tertiary/aromatic N) is 1. The molecule has 2 aliphatic rings. The van der Waals surface area contributed by atoms with Gasteiger partial charge in [-0.2, -0.15) is 11.8 Å². The first-order valence-corrected chi connectivity index (χ1v) is 8.21. The first kappa shape index (κ1) is 13.7. The first-order valence-electron chi connectivity index (χ1n) is 7.06. The van der Waals surface area contributed by atoms with Crippen LogP contribution in [0.3, 0.4) is 0 Å². The van der Waals surface area contributed by atoms with Gasteiger partial charge in [0, 0.05) is 25.2 Å². The lowest BCUT2D eigenvalue weighted by Gasteiger charge is -2.35. The molecule has 2 heterocycles. The van der Waals surface area contributed by atoms with Gasteiger partial charge in [-0.15, -0.1) is 0 Å². The Morgan fingerprint density at radius 3 is 2.76 bits per heavy atom. The van der Waals surface area contributed by atoms with Crippen LogP contribution in [0.2, 0.25) is 0 Å². The van der Waals surface area contributed by atoms with Crippen molar-refractivity contribution in [3.63, 3.8) is 0 Å². The summed E-state index contributed by atoms with van der Waals surface area (Å²) in [6, 6.07) is 1.17. The number of aliphatic hydroxyl groups excluding tert-OH is 1. The van der Waals surface area contributed by atoms with Crippen LogP contribution in [0.25, 0.3) is 0 Å². The second-order valence-electron chi connectivity index (χ2n) is 5.21.